The molecule has 0 unspecified atom stereocenters. The number of phenolic OH excluding ortho intramolecular Hbond substituents is 1. The molecule has 0 fully saturated rings. The number of hydrogen-bond donors (Lipinski definition) is 5. The number of ether oxygens (including phenoxy) is 1. The number of carbonyl (C=O) groups excluding carboxylic acids is 3. The van der Waals surface area contributed by atoms with E-state index in [0.29, 0.717) is 33.6 Å². The maximum atomic E-state index is 13.0. The van der Waals surface area contributed by atoms with Crippen LogP contribution >= 0.6 is 0 Å². The van der Waals surface area contributed by atoms with Crippen molar-refractivity contribution in [2.24, 2.45) is 0 Å². The summed E-state index contributed by atoms with van der Waals surface area (Å²) < 4.78 is 5.29. The molecule has 0 saturated heterocycles. The van der Waals surface area contributed by atoms with Gasteiger partial charge in [-0.05, 0) is 69.7 Å². The summed E-state index contributed by atoms with van der Waals surface area (Å²) in [5.41, 5.74) is 3.88. The molecule has 10 heteroatoms. The van der Waals surface area contributed by atoms with Crippen molar-refractivity contribution >= 4 is 23.6 Å². The molecule has 43 heavy (non-hydrogen) atoms. The molecule has 5 N–H and O–H groups in total. The first-order chi connectivity index (χ1) is 20.5. The molecular formula is C33H33N5O5. The lowest BCUT2D eigenvalue weighted by atomic mass is 10.0. The van der Waals surface area contributed by atoms with Crippen LogP contribution in [0.5, 0.6) is 5.75 Å². The molecule has 4 rings (SSSR count). The molecular weight excluding hydrogens is 546 g/mol. The van der Waals surface area contributed by atoms with Gasteiger partial charge in [-0.1, -0.05) is 53.8 Å². The molecule has 1 aromatic heterocycles. The Hall–Kier alpha value is -5.56. The van der Waals surface area contributed by atoms with Crippen molar-refractivity contribution in [1.82, 2.24) is 20.8 Å². The van der Waals surface area contributed by atoms with Crippen molar-refractivity contribution in [1.29, 1.82) is 0 Å². The van der Waals surface area contributed by atoms with Crippen LogP contribution in [-0.4, -0.2) is 45.4 Å². The fraction of sp³-hybridized carbons (Fsp3) is 0.212. The Morgan fingerprint density at radius 1 is 1.00 bits per heavy atom. The highest BCUT2D eigenvalue weighted by Gasteiger charge is 2.26. The number of phenols is 1. The zero-order valence-electron chi connectivity index (χ0n) is 24.3. The van der Waals surface area contributed by atoms with Gasteiger partial charge in [0.05, 0.1) is 24.0 Å². The third-order valence-corrected chi connectivity index (χ3v) is 6.05. The monoisotopic (exact) mass is 579 g/mol. The Balaban J connectivity index is 1.35. The van der Waals surface area contributed by atoms with E-state index in [-0.39, 0.29) is 12.3 Å². The number of carbonyl (C=O) groups is 3. The number of nitrogens with zero attached hydrogens (tertiary/aromatic N) is 1. The number of benzene rings is 3. The van der Waals surface area contributed by atoms with E-state index in [0.717, 1.165) is 5.56 Å². The zero-order chi connectivity index (χ0) is 31.0. The number of aromatic nitrogens is 2. The Morgan fingerprint density at radius 3 is 2.42 bits per heavy atom. The number of anilines is 1. The minimum Gasteiger partial charge on any atom is -0.507 e. The van der Waals surface area contributed by atoms with Crippen LogP contribution in [0, 0.1) is 18.8 Å². The van der Waals surface area contributed by atoms with E-state index in [9.17, 15) is 19.5 Å². The molecule has 1 atom stereocenters. The van der Waals surface area contributed by atoms with Gasteiger partial charge in [-0.2, -0.15) is 5.10 Å². The van der Waals surface area contributed by atoms with Gasteiger partial charge in [-0.3, -0.25) is 14.7 Å². The van der Waals surface area contributed by atoms with Gasteiger partial charge in [0, 0.05) is 16.8 Å². The fourth-order valence-electron chi connectivity index (χ4n) is 4.06. The molecule has 4 aromatic rings. The SMILES string of the molecule is Cc1ccc(O)c(-c2[nH]ncc2C#Cc2ccc(NC(=O)CNC(=O)[C@H](NC(=O)OC(C)(C)C)c3ccccc3)cc2)c1. The molecule has 220 valence electrons. The van der Waals surface area contributed by atoms with Crippen molar-refractivity contribution in [2.45, 2.75) is 39.3 Å². The lowest BCUT2D eigenvalue weighted by molar-refractivity contribution is -0.125. The van der Waals surface area contributed by atoms with Gasteiger partial charge in [-0.25, -0.2) is 4.79 Å². The number of amides is 3. The number of nitrogens with one attached hydrogen (secondary N) is 4. The van der Waals surface area contributed by atoms with Gasteiger partial charge < -0.3 is 25.8 Å². The normalized spacial score (nSPS) is 11.4. The van der Waals surface area contributed by atoms with Crippen LogP contribution in [0.1, 0.15) is 49.1 Å². The smallest absolute Gasteiger partial charge is 0.408 e. The standard InChI is InChI=1S/C33H33N5O5/c1-21-10-17-27(39)26(18-21)29-24(19-35-38-29)14-11-22-12-15-25(16-13-22)36-28(40)20-34-31(41)30(23-8-6-5-7-9-23)37-32(42)43-33(2,3)4/h5-10,12-13,15-19,30,39H,20H2,1-4H3,(H,34,41)(H,35,38)(H,36,40)(H,37,42)/t30-/m1/s1. The second kappa shape index (κ2) is 13.4. The molecule has 0 radical (unpaired) electrons. The van der Waals surface area contributed by atoms with Gasteiger partial charge in [-0.15, -0.1) is 0 Å². The van der Waals surface area contributed by atoms with Gasteiger partial charge in [0.25, 0.3) is 0 Å². The van der Waals surface area contributed by atoms with E-state index in [1.807, 2.05) is 19.1 Å². The number of hydrogen-bond acceptors (Lipinski definition) is 6. The Kier molecular flexibility index (Phi) is 9.47. The average Bonchev–Trinajstić information content (AvgIpc) is 3.43. The molecule has 3 aromatic carbocycles. The van der Waals surface area contributed by atoms with Crippen LogP contribution < -0.4 is 16.0 Å². The first kappa shape index (κ1) is 30.4. The minimum absolute atomic E-state index is 0.129. The number of aryl methyl sites for hydroxylation is 1. The maximum absolute atomic E-state index is 13.0. The molecule has 3 amide bonds. The number of H-pyrrole nitrogens is 1. The van der Waals surface area contributed by atoms with Gasteiger partial charge in [0.2, 0.25) is 11.8 Å². The second-order valence-electron chi connectivity index (χ2n) is 10.8. The van der Waals surface area contributed by atoms with Crippen molar-refractivity contribution in [3.8, 4) is 28.8 Å². The summed E-state index contributed by atoms with van der Waals surface area (Å²) in [5, 5.41) is 25.1. The predicted molar refractivity (Wildman–Crippen MR) is 163 cm³/mol. The molecule has 0 spiro atoms. The first-order valence-electron chi connectivity index (χ1n) is 13.6. The van der Waals surface area contributed by atoms with Crippen LogP contribution in [-0.2, 0) is 14.3 Å². The molecule has 0 aliphatic rings. The van der Waals surface area contributed by atoms with Crippen LogP contribution in [0.15, 0.2) is 79.0 Å². The number of rotatable bonds is 7. The topological polar surface area (TPSA) is 145 Å². The first-order valence-corrected chi connectivity index (χ1v) is 13.6. The second-order valence-corrected chi connectivity index (χ2v) is 10.8. The summed E-state index contributed by atoms with van der Waals surface area (Å²) >= 11 is 0. The van der Waals surface area contributed by atoms with E-state index in [1.165, 1.54) is 0 Å². The van der Waals surface area contributed by atoms with Gasteiger partial charge in [0.1, 0.15) is 17.4 Å². The van der Waals surface area contributed by atoms with E-state index in [2.05, 4.69) is 38.0 Å². The summed E-state index contributed by atoms with van der Waals surface area (Å²) in [4.78, 5) is 37.9. The Morgan fingerprint density at radius 2 is 1.72 bits per heavy atom. The fourth-order valence-corrected chi connectivity index (χ4v) is 4.06. The highest BCUT2D eigenvalue weighted by atomic mass is 16.6. The summed E-state index contributed by atoms with van der Waals surface area (Å²) in [6.45, 7) is 6.80. The third-order valence-electron chi connectivity index (χ3n) is 6.05. The number of aromatic hydroxyl groups is 1. The molecule has 0 bridgehead atoms. The number of aromatic amines is 1. The van der Waals surface area contributed by atoms with Crippen LogP contribution in [0.2, 0.25) is 0 Å². The molecule has 0 aliphatic heterocycles. The molecule has 10 nitrogen and oxygen atoms in total. The lowest BCUT2D eigenvalue weighted by Crippen LogP contribution is -2.44. The minimum atomic E-state index is -1.05. The summed E-state index contributed by atoms with van der Waals surface area (Å²) in [5.74, 6) is 5.25. The summed E-state index contributed by atoms with van der Waals surface area (Å²) in [7, 11) is 0. The molecule has 0 saturated carbocycles. The molecule has 1 heterocycles. The summed E-state index contributed by atoms with van der Waals surface area (Å²) in [6, 6.07) is 19.8. The number of alkyl carbamates (subject to hydrolysis) is 1. The Bertz CT molecular complexity index is 1660. The summed E-state index contributed by atoms with van der Waals surface area (Å²) in [6.07, 6.45) is 0.847. The van der Waals surface area contributed by atoms with Gasteiger partial charge in [0.15, 0.2) is 0 Å². The van der Waals surface area contributed by atoms with E-state index in [4.69, 9.17) is 4.74 Å². The van der Waals surface area contributed by atoms with Crippen molar-refractivity contribution in [2.75, 3.05) is 11.9 Å². The Labute approximate surface area is 249 Å². The van der Waals surface area contributed by atoms with E-state index in [1.54, 1.807) is 87.6 Å². The van der Waals surface area contributed by atoms with Crippen LogP contribution in [0.25, 0.3) is 11.3 Å². The van der Waals surface area contributed by atoms with E-state index < -0.39 is 29.6 Å². The van der Waals surface area contributed by atoms with Crippen molar-refractivity contribution in [3.63, 3.8) is 0 Å². The highest BCUT2D eigenvalue weighted by molar-refractivity contribution is 5.96. The molecule has 0 aliphatic carbocycles. The zero-order valence-corrected chi connectivity index (χ0v) is 24.3. The predicted octanol–water partition coefficient (Wildman–Crippen LogP) is 4.81. The lowest BCUT2D eigenvalue weighted by Gasteiger charge is -2.23. The van der Waals surface area contributed by atoms with Gasteiger partial charge >= 0.3 is 6.09 Å². The van der Waals surface area contributed by atoms with Crippen LogP contribution in [0.3, 0.4) is 0 Å². The maximum Gasteiger partial charge on any atom is 0.408 e. The van der Waals surface area contributed by atoms with Crippen molar-refractivity contribution < 1.29 is 24.2 Å². The highest BCUT2D eigenvalue weighted by Crippen LogP contribution is 2.30. The van der Waals surface area contributed by atoms with E-state index >= 15 is 0 Å². The third kappa shape index (κ3) is 8.71. The van der Waals surface area contributed by atoms with Crippen LogP contribution in [0.4, 0.5) is 10.5 Å². The largest absolute Gasteiger partial charge is 0.507 e. The average molecular weight is 580 g/mol. The quantitative estimate of drug-likeness (QED) is 0.199. The van der Waals surface area contributed by atoms with Crippen molar-refractivity contribution in [3.05, 3.63) is 101 Å².